The highest BCUT2D eigenvalue weighted by Gasteiger charge is 2.46. The summed E-state index contributed by atoms with van der Waals surface area (Å²) in [6.45, 7) is 3.64. The third-order valence-corrected chi connectivity index (χ3v) is 3.78. The minimum atomic E-state index is -0.853. The summed E-state index contributed by atoms with van der Waals surface area (Å²) >= 11 is 0. The SMILES string of the molecule is CCC1(C)NC(=O)N(CC(C#N)c2ccccc2)C1=O. The normalized spacial score (nSPS) is 23.4. The molecule has 20 heavy (non-hydrogen) atoms. The van der Waals surface area contributed by atoms with Gasteiger partial charge in [0.05, 0.1) is 18.5 Å². The summed E-state index contributed by atoms with van der Waals surface area (Å²) in [6, 6.07) is 10.9. The van der Waals surface area contributed by atoms with Gasteiger partial charge >= 0.3 is 6.03 Å². The van der Waals surface area contributed by atoms with Crippen molar-refractivity contribution in [2.24, 2.45) is 0 Å². The predicted octanol–water partition coefficient (Wildman–Crippen LogP) is 2.01. The molecule has 2 atom stereocenters. The maximum atomic E-state index is 12.3. The first-order chi connectivity index (χ1) is 9.51. The van der Waals surface area contributed by atoms with Gasteiger partial charge in [-0.1, -0.05) is 37.3 Å². The Morgan fingerprint density at radius 3 is 2.50 bits per heavy atom. The van der Waals surface area contributed by atoms with Gasteiger partial charge in [0.2, 0.25) is 0 Å². The lowest BCUT2D eigenvalue weighted by Gasteiger charge is -2.20. The Labute approximate surface area is 118 Å². The Balaban J connectivity index is 2.19. The van der Waals surface area contributed by atoms with Crippen LogP contribution in [-0.4, -0.2) is 28.9 Å². The molecule has 1 heterocycles. The smallest absolute Gasteiger partial charge is 0.323 e. The number of amides is 3. The average molecular weight is 271 g/mol. The number of rotatable bonds is 4. The van der Waals surface area contributed by atoms with Crippen LogP contribution in [0.3, 0.4) is 0 Å². The molecule has 0 aliphatic carbocycles. The molecule has 3 amide bonds. The summed E-state index contributed by atoms with van der Waals surface area (Å²) in [5, 5.41) is 12.0. The van der Waals surface area contributed by atoms with Crippen LogP contribution in [0.4, 0.5) is 4.79 Å². The molecule has 2 rings (SSSR count). The third-order valence-electron chi connectivity index (χ3n) is 3.78. The molecule has 1 aliphatic heterocycles. The molecular weight excluding hydrogens is 254 g/mol. The third kappa shape index (κ3) is 2.37. The number of hydrogen-bond acceptors (Lipinski definition) is 3. The number of nitriles is 1. The van der Waals surface area contributed by atoms with Crippen molar-refractivity contribution in [3.8, 4) is 6.07 Å². The van der Waals surface area contributed by atoms with E-state index in [9.17, 15) is 14.9 Å². The maximum Gasteiger partial charge on any atom is 0.325 e. The highest BCUT2D eigenvalue weighted by atomic mass is 16.2. The van der Waals surface area contributed by atoms with Crippen molar-refractivity contribution < 1.29 is 9.59 Å². The highest BCUT2D eigenvalue weighted by Crippen LogP contribution is 2.24. The number of benzene rings is 1. The number of urea groups is 1. The zero-order valence-electron chi connectivity index (χ0n) is 11.6. The van der Waals surface area contributed by atoms with E-state index in [0.29, 0.717) is 6.42 Å². The summed E-state index contributed by atoms with van der Waals surface area (Å²) in [5.41, 5.74) is -0.0472. The number of carbonyl (C=O) groups excluding carboxylic acids is 2. The van der Waals surface area contributed by atoms with Gasteiger partial charge in [-0.15, -0.1) is 0 Å². The lowest BCUT2D eigenvalue weighted by molar-refractivity contribution is -0.130. The molecule has 1 aromatic carbocycles. The van der Waals surface area contributed by atoms with Crippen LogP contribution < -0.4 is 5.32 Å². The van der Waals surface area contributed by atoms with Crippen LogP contribution in [0.5, 0.6) is 0 Å². The van der Waals surface area contributed by atoms with Gasteiger partial charge < -0.3 is 5.32 Å². The van der Waals surface area contributed by atoms with Gasteiger partial charge in [0.15, 0.2) is 0 Å². The molecule has 104 valence electrons. The second-order valence-corrected chi connectivity index (χ2v) is 5.12. The van der Waals surface area contributed by atoms with Crippen LogP contribution >= 0.6 is 0 Å². The quantitative estimate of drug-likeness (QED) is 0.851. The van der Waals surface area contributed by atoms with Crippen LogP contribution in [0.25, 0.3) is 0 Å². The summed E-state index contributed by atoms with van der Waals surface area (Å²) in [4.78, 5) is 25.4. The fourth-order valence-corrected chi connectivity index (χ4v) is 2.24. The zero-order valence-corrected chi connectivity index (χ0v) is 11.6. The van der Waals surface area contributed by atoms with Crippen molar-refractivity contribution in [2.45, 2.75) is 31.7 Å². The van der Waals surface area contributed by atoms with Crippen LogP contribution in [-0.2, 0) is 4.79 Å². The van der Waals surface area contributed by atoms with Crippen molar-refractivity contribution in [1.29, 1.82) is 5.26 Å². The Morgan fingerprint density at radius 2 is 2.00 bits per heavy atom. The average Bonchev–Trinajstić information content (AvgIpc) is 2.69. The van der Waals surface area contributed by atoms with Gasteiger partial charge in [-0.05, 0) is 18.9 Å². The van der Waals surface area contributed by atoms with E-state index in [1.54, 1.807) is 6.92 Å². The van der Waals surface area contributed by atoms with E-state index in [1.807, 2.05) is 37.3 Å². The van der Waals surface area contributed by atoms with Gasteiger partial charge in [-0.25, -0.2) is 4.79 Å². The molecule has 5 nitrogen and oxygen atoms in total. The van der Waals surface area contributed by atoms with E-state index in [0.717, 1.165) is 10.5 Å². The number of carbonyl (C=O) groups is 2. The van der Waals surface area contributed by atoms with Gasteiger partial charge in [0.1, 0.15) is 5.54 Å². The van der Waals surface area contributed by atoms with Crippen molar-refractivity contribution in [3.05, 3.63) is 35.9 Å². The van der Waals surface area contributed by atoms with Crippen molar-refractivity contribution in [2.75, 3.05) is 6.54 Å². The first kappa shape index (κ1) is 14.1. The minimum absolute atomic E-state index is 0.0841. The van der Waals surface area contributed by atoms with Gasteiger partial charge in [0.25, 0.3) is 5.91 Å². The van der Waals surface area contributed by atoms with E-state index in [-0.39, 0.29) is 12.5 Å². The largest absolute Gasteiger partial charge is 0.325 e. The molecule has 0 aromatic heterocycles. The zero-order chi connectivity index (χ0) is 14.8. The Kier molecular flexibility index (Phi) is 3.75. The van der Waals surface area contributed by atoms with Crippen LogP contribution in [0.2, 0.25) is 0 Å². The minimum Gasteiger partial charge on any atom is -0.323 e. The highest BCUT2D eigenvalue weighted by molar-refractivity contribution is 6.06. The molecule has 2 unspecified atom stereocenters. The molecule has 0 radical (unpaired) electrons. The van der Waals surface area contributed by atoms with E-state index < -0.39 is 17.5 Å². The molecule has 0 spiro atoms. The number of imide groups is 1. The standard InChI is InChI=1S/C15H17N3O2/c1-3-15(2)13(19)18(14(20)17-15)10-12(9-16)11-7-5-4-6-8-11/h4-8,12H,3,10H2,1-2H3,(H,17,20). The van der Waals surface area contributed by atoms with Crippen LogP contribution in [0, 0.1) is 11.3 Å². The Morgan fingerprint density at radius 1 is 1.35 bits per heavy atom. The van der Waals surface area contributed by atoms with Crippen molar-refractivity contribution >= 4 is 11.9 Å². The fourth-order valence-electron chi connectivity index (χ4n) is 2.24. The second kappa shape index (κ2) is 5.33. The van der Waals surface area contributed by atoms with E-state index in [4.69, 9.17) is 0 Å². The lowest BCUT2D eigenvalue weighted by atomic mass is 9.97. The maximum absolute atomic E-state index is 12.3. The number of nitrogens with zero attached hydrogens (tertiary/aromatic N) is 2. The molecular formula is C15H17N3O2. The molecule has 1 aromatic rings. The van der Waals surface area contributed by atoms with Crippen molar-refractivity contribution in [3.63, 3.8) is 0 Å². The summed E-state index contributed by atoms with van der Waals surface area (Å²) in [5.74, 6) is -0.772. The van der Waals surface area contributed by atoms with E-state index in [2.05, 4.69) is 11.4 Å². The molecule has 1 fully saturated rings. The number of hydrogen-bond donors (Lipinski definition) is 1. The summed E-state index contributed by atoms with van der Waals surface area (Å²) < 4.78 is 0. The summed E-state index contributed by atoms with van der Waals surface area (Å²) in [6.07, 6.45) is 0.524. The second-order valence-electron chi connectivity index (χ2n) is 5.12. The van der Waals surface area contributed by atoms with Gasteiger partial charge in [-0.3, -0.25) is 9.69 Å². The van der Waals surface area contributed by atoms with Crippen LogP contribution in [0.1, 0.15) is 31.7 Å². The lowest BCUT2D eigenvalue weighted by Crippen LogP contribution is -2.43. The fraction of sp³-hybridized carbons (Fsp3) is 0.400. The topological polar surface area (TPSA) is 73.2 Å². The molecule has 1 aliphatic rings. The first-order valence-corrected chi connectivity index (χ1v) is 6.60. The van der Waals surface area contributed by atoms with Gasteiger partial charge in [0, 0.05) is 0 Å². The predicted molar refractivity (Wildman–Crippen MR) is 73.7 cm³/mol. The summed E-state index contributed by atoms with van der Waals surface area (Å²) in [7, 11) is 0. The Hall–Kier alpha value is -2.35. The van der Waals surface area contributed by atoms with E-state index >= 15 is 0 Å². The first-order valence-electron chi connectivity index (χ1n) is 6.60. The number of nitrogens with one attached hydrogen (secondary N) is 1. The van der Waals surface area contributed by atoms with Crippen LogP contribution in [0.15, 0.2) is 30.3 Å². The van der Waals surface area contributed by atoms with E-state index in [1.165, 1.54) is 0 Å². The molecule has 5 heteroatoms. The Bertz CT molecular complexity index is 564. The molecule has 0 saturated carbocycles. The molecule has 1 N–H and O–H groups in total. The van der Waals surface area contributed by atoms with Gasteiger partial charge in [-0.2, -0.15) is 5.26 Å². The monoisotopic (exact) mass is 271 g/mol. The molecule has 1 saturated heterocycles. The van der Waals surface area contributed by atoms with Crippen molar-refractivity contribution in [1.82, 2.24) is 10.2 Å². The molecule has 0 bridgehead atoms.